The van der Waals surface area contributed by atoms with Gasteiger partial charge in [0.05, 0.1) is 13.7 Å². The molecule has 0 spiro atoms. The summed E-state index contributed by atoms with van der Waals surface area (Å²) in [4.78, 5) is 29.4. The normalized spacial score (nSPS) is 21.1. The summed E-state index contributed by atoms with van der Waals surface area (Å²) in [6, 6.07) is 17.7. The minimum Gasteiger partial charge on any atom is -0.496 e. The van der Waals surface area contributed by atoms with Crippen LogP contribution in [0.15, 0.2) is 54.6 Å². The number of carbonyl (C=O) groups excluding carboxylic acids is 2. The minimum absolute atomic E-state index is 0.0470. The number of hydrogen-bond acceptors (Lipinski definition) is 3. The Bertz CT molecular complexity index is 1180. The third-order valence-corrected chi connectivity index (χ3v) is 7.06. The van der Waals surface area contributed by atoms with Crippen LogP contribution in [-0.2, 0) is 17.9 Å². The molecule has 1 N–H and O–H groups in total. The van der Waals surface area contributed by atoms with Crippen LogP contribution in [0, 0.1) is 0 Å². The van der Waals surface area contributed by atoms with E-state index in [0.29, 0.717) is 18.8 Å². The average Bonchev–Trinajstić information content (AvgIpc) is 3.46. The van der Waals surface area contributed by atoms with Crippen molar-refractivity contribution in [3.8, 4) is 5.75 Å². The summed E-state index contributed by atoms with van der Waals surface area (Å²) in [5, 5.41) is 4.13. The first kappa shape index (κ1) is 20.6. The summed E-state index contributed by atoms with van der Waals surface area (Å²) < 4.78 is 7.45. The number of nitrogens with zero attached hydrogens (tertiary/aromatic N) is 2. The lowest BCUT2D eigenvalue weighted by atomic mass is 9.91. The van der Waals surface area contributed by atoms with Crippen LogP contribution < -0.4 is 10.1 Å². The van der Waals surface area contributed by atoms with Gasteiger partial charge in [0.15, 0.2) is 0 Å². The van der Waals surface area contributed by atoms with Gasteiger partial charge in [-0.15, -0.1) is 0 Å². The van der Waals surface area contributed by atoms with E-state index in [9.17, 15) is 9.59 Å². The van der Waals surface area contributed by atoms with Crippen LogP contribution in [0.3, 0.4) is 0 Å². The smallest absolute Gasteiger partial charge is 0.271 e. The maximum Gasteiger partial charge on any atom is 0.271 e. The first-order valence-electron chi connectivity index (χ1n) is 11.3. The Kier molecular flexibility index (Phi) is 5.16. The van der Waals surface area contributed by atoms with Crippen LogP contribution in [0.5, 0.6) is 5.75 Å². The highest BCUT2D eigenvalue weighted by atomic mass is 16.5. The topological polar surface area (TPSA) is 63.6 Å². The molecule has 0 radical (unpaired) electrons. The van der Waals surface area contributed by atoms with E-state index in [2.05, 4.69) is 5.32 Å². The highest BCUT2D eigenvalue weighted by Gasteiger charge is 2.50. The van der Waals surface area contributed by atoms with Gasteiger partial charge in [-0.3, -0.25) is 9.59 Å². The van der Waals surface area contributed by atoms with Gasteiger partial charge in [-0.1, -0.05) is 49.2 Å². The van der Waals surface area contributed by atoms with E-state index in [1.807, 2.05) is 71.0 Å². The van der Waals surface area contributed by atoms with E-state index >= 15 is 0 Å². The molecule has 1 aliphatic heterocycles. The molecule has 1 aromatic heterocycles. The Balaban J connectivity index is 1.51. The van der Waals surface area contributed by atoms with Crippen LogP contribution in [0.2, 0.25) is 0 Å². The molecule has 5 rings (SSSR count). The van der Waals surface area contributed by atoms with E-state index in [1.54, 1.807) is 7.11 Å². The van der Waals surface area contributed by atoms with Crippen LogP contribution in [0.1, 0.15) is 48.7 Å². The molecule has 166 valence electrons. The number of benzene rings is 2. The number of carbonyl (C=O) groups is 2. The number of aromatic nitrogens is 1. The van der Waals surface area contributed by atoms with Gasteiger partial charge in [0, 0.05) is 29.1 Å². The van der Waals surface area contributed by atoms with Crippen molar-refractivity contribution in [3.63, 3.8) is 0 Å². The minimum atomic E-state index is -0.969. The highest BCUT2D eigenvalue weighted by Crippen LogP contribution is 2.37. The largest absolute Gasteiger partial charge is 0.496 e. The van der Waals surface area contributed by atoms with Crippen LogP contribution in [0.25, 0.3) is 10.9 Å². The summed E-state index contributed by atoms with van der Waals surface area (Å²) in [7, 11) is 1.63. The molecule has 2 amide bonds. The zero-order valence-electron chi connectivity index (χ0n) is 18.6. The van der Waals surface area contributed by atoms with Gasteiger partial charge < -0.3 is 19.5 Å². The lowest BCUT2D eigenvalue weighted by Gasteiger charge is -2.47. The summed E-state index contributed by atoms with van der Waals surface area (Å²) in [6.07, 6.45) is 4.08. The number of para-hydroxylation sites is 2. The molecule has 32 heavy (non-hydrogen) atoms. The van der Waals surface area contributed by atoms with E-state index in [4.69, 9.17) is 4.74 Å². The molecule has 2 aliphatic rings. The van der Waals surface area contributed by atoms with Gasteiger partial charge in [-0.2, -0.15) is 0 Å². The summed E-state index contributed by atoms with van der Waals surface area (Å²) in [5.41, 5.74) is 1.61. The number of hydrogen-bond donors (Lipinski definition) is 1. The van der Waals surface area contributed by atoms with Crippen molar-refractivity contribution in [2.24, 2.45) is 0 Å². The maximum absolute atomic E-state index is 13.8. The molecule has 6 nitrogen and oxygen atoms in total. The first-order valence-corrected chi connectivity index (χ1v) is 11.3. The fourth-order valence-electron chi connectivity index (χ4n) is 5.42. The highest BCUT2D eigenvalue weighted by molar-refractivity contribution is 6.03. The standard InChI is InChI=1S/C26H29N3O3/c1-26(25(31)27-16-19-10-4-8-14-23(19)32-2)17-28-21-13-7-3-9-18(21)15-22(28)24(30)29(26)20-11-5-6-12-20/h3-4,7-10,13-15,20H,5-6,11-12,16-17H2,1-2H3,(H,27,31). The summed E-state index contributed by atoms with van der Waals surface area (Å²) >= 11 is 0. The van der Waals surface area contributed by atoms with Gasteiger partial charge in [-0.05, 0) is 38.0 Å². The number of nitrogens with one attached hydrogen (secondary N) is 1. The third kappa shape index (κ3) is 3.25. The molecular weight excluding hydrogens is 402 g/mol. The van der Waals surface area contributed by atoms with Gasteiger partial charge in [0.2, 0.25) is 5.91 Å². The molecule has 1 unspecified atom stereocenters. The molecule has 2 aromatic carbocycles. The van der Waals surface area contributed by atoms with Gasteiger partial charge >= 0.3 is 0 Å². The maximum atomic E-state index is 13.8. The molecular formula is C26H29N3O3. The van der Waals surface area contributed by atoms with Gasteiger partial charge in [0.25, 0.3) is 5.91 Å². The molecule has 1 saturated carbocycles. The van der Waals surface area contributed by atoms with E-state index < -0.39 is 5.54 Å². The second kappa shape index (κ2) is 8.01. The molecule has 0 bridgehead atoms. The predicted molar refractivity (Wildman–Crippen MR) is 124 cm³/mol. The fraction of sp³-hybridized carbons (Fsp3) is 0.385. The zero-order chi connectivity index (χ0) is 22.3. The number of amides is 2. The Morgan fingerprint density at radius 2 is 1.84 bits per heavy atom. The van der Waals surface area contributed by atoms with Crippen LogP contribution >= 0.6 is 0 Å². The fourth-order valence-corrected chi connectivity index (χ4v) is 5.42. The number of methoxy groups -OCH3 is 1. The molecule has 1 atom stereocenters. The predicted octanol–water partition coefficient (Wildman–Crippen LogP) is 4.12. The lowest BCUT2D eigenvalue weighted by Crippen LogP contribution is -2.66. The van der Waals surface area contributed by atoms with Crippen molar-refractivity contribution in [3.05, 3.63) is 65.9 Å². The van der Waals surface area contributed by atoms with Crippen molar-refractivity contribution >= 4 is 22.7 Å². The number of rotatable bonds is 5. The van der Waals surface area contributed by atoms with Crippen molar-refractivity contribution in [2.45, 2.75) is 57.3 Å². The number of fused-ring (bicyclic) bond motifs is 3. The van der Waals surface area contributed by atoms with Crippen molar-refractivity contribution in [1.82, 2.24) is 14.8 Å². The zero-order valence-corrected chi connectivity index (χ0v) is 18.6. The molecule has 3 aromatic rings. The van der Waals surface area contributed by atoms with E-state index in [-0.39, 0.29) is 17.9 Å². The summed E-state index contributed by atoms with van der Waals surface area (Å²) in [5.74, 6) is 0.561. The van der Waals surface area contributed by atoms with Crippen molar-refractivity contribution < 1.29 is 14.3 Å². The SMILES string of the molecule is COc1ccccc1CNC(=O)C1(C)Cn2c(cc3ccccc32)C(=O)N1C1CCCC1. The van der Waals surface area contributed by atoms with Crippen LogP contribution in [0.4, 0.5) is 0 Å². The molecule has 0 saturated heterocycles. The molecule has 2 heterocycles. The Morgan fingerprint density at radius 3 is 2.62 bits per heavy atom. The second-order valence-corrected chi connectivity index (χ2v) is 9.06. The third-order valence-electron chi connectivity index (χ3n) is 7.06. The lowest BCUT2D eigenvalue weighted by molar-refractivity contribution is -0.134. The Morgan fingerprint density at radius 1 is 1.12 bits per heavy atom. The first-order chi connectivity index (χ1) is 15.5. The quantitative estimate of drug-likeness (QED) is 0.661. The van der Waals surface area contributed by atoms with Gasteiger partial charge in [0.1, 0.15) is 17.0 Å². The second-order valence-electron chi connectivity index (χ2n) is 9.06. The molecule has 1 aliphatic carbocycles. The van der Waals surface area contributed by atoms with Crippen molar-refractivity contribution in [2.75, 3.05) is 7.11 Å². The van der Waals surface area contributed by atoms with E-state index in [0.717, 1.165) is 47.9 Å². The molecule has 6 heteroatoms. The van der Waals surface area contributed by atoms with Gasteiger partial charge in [-0.25, -0.2) is 0 Å². The Labute approximate surface area is 188 Å². The molecule has 1 fully saturated rings. The monoisotopic (exact) mass is 431 g/mol. The average molecular weight is 432 g/mol. The van der Waals surface area contributed by atoms with Crippen LogP contribution in [-0.4, -0.2) is 40.0 Å². The van der Waals surface area contributed by atoms with E-state index in [1.165, 1.54) is 0 Å². The van der Waals surface area contributed by atoms with Crippen molar-refractivity contribution in [1.29, 1.82) is 0 Å². The Hall–Kier alpha value is -3.28. The summed E-state index contributed by atoms with van der Waals surface area (Å²) in [6.45, 7) is 2.71. The number of ether oxygens (including phenoxy) is 1.